The summed E-state index contributed by atoms with van der Waals surface area (Å²) in [5.74, 6) is 0.0423. The molecule has 0 aromatic carbocycles. The second kappa shape index (κ2) is 7.97. The van der Waals surface area contributed by atoms with Crippen LogP contribution >= 0.6 is 22.7 Å². The SMILES string of the molecule is CCOC(=O)c1c(NC(=O)c2sc3nc(C)nc(C)c3c2C)sc(C)c1CC. The van der Waals surface area contributed by atoms with Crippen molar-refractivity contribution in [3.8, 4) is 0 Å². The van der Waals surface area contributed by atoms with Crippen molar-refractivity contribution in [3.05, 3.63) is 38.0 Å². The third-order valence-electron chi connectivity index (χ3n) is 4.56. The van der Waals surface area contributed by atoms with Crippen LogP contribution in [-0.4, -0.2) is 28.5 Å². The molecule has 0 unspecified atom stereocenters. The minimum Gasteiger partial charge on any atom is -0.462 e. The van der Waals surface area contributed by atoms with Gasteiger partial charge in [-0.25, -0.2) is 14.8 Å². The smallest absolute Gasteiger partial charge is 0.341 e. The van der Waals surface area contributed by atoms with E-state index in [0.29, 0.717) is 27.7 Å². The highest BCUT2D eigenvalue weighted by molar-refractivity contribution is 7.21. The largest absolute Gasteiger partial charge is 0.462 e. The number of ether oxygens (including phenoxy) is 1. The first-order chi connectivity index (χ1) is 13.3. The molecule has 3 aromatic rings. The fourth-order valence-corrected chi connectivity index (χ4v) is 5.66. The van der Waals surface area contributed by atoms with Gasteiger partial charge in [0.05, 0.1) is 17.0 Å². The molecule has 0 fully saturated rings. The van der Waals surface area contributed by atoms with Crippen molar-refractivity contribution < 1.29 is 14.3 Å². The number of thiophene rings is 2. The fourth-order valence-electron chi connectivity index (χ4n) is 3.36. The van der Waals surface area contributed by atoms with Crippen molar-refractivity contribution >= 4 is 49.8 Å². The molecule has 0 spiro atoms. The number of amides is 1. The Morgan fingerprint density at radius 2 is 1.79 bits per heavy atom. The molecule has 3 heterocycles. The van der Waals surface area contributed by atoms with Gasteiger partial charge in [-0.15, -0.1) is 22.7 Å². The third kappa shape index (κ3) is 3.54. The van der Waals surface area contributed by atoms with Crippen LogP contribution in [0.1, 0.15) is 61.4 Å². The lowest BCUT2D eigenvalue weighted by Gasteiger charge is -2.07. The highest BCUT2D eigenvalue weighted by Gasteiger charge is 2.25. The summed E-state index contributed by atoms with van der Waals surface area (Å²) in [6.45, 7) is 11.7. The van der Waals surface area contributed by atoms with Crippen LogP contribution in [0, 0.1) is 27.7 Å². The molecule has 1 N–H and O–H groups in total. The molecule has 0 bridgehead atoms. The molecular formula is C20H23N3O3S2. The minimum absolute atomic E-state index is 0.244. The van der Waals surface area contributed by atoms with Gasteiger partial charge in [0.2, 0.25) is 0 Å². The Labute approximate surface area is 172 Å². The van der Waals surface area contributed by atoms with Gasteiger partial charge in [-0.05, 0) is 52.2 Å². The topological polar surface area (TPSA) is 81.2 Å². The minimum atomic E-state index is -0.399. The molecule has 28 heavy (non-hydrogen) atoms. The van der Waals surface area contributed by atoms with Crippen molar-refractivity contribution in [3.63, 3.8) is 0 Å². The second-order valence-electron chi connectivity index (χ2n) is 6.46. The lowest BCUT2D eigenvalue weighted by Crippen LogP contribution is -2.15. The summed E-state index contributed by atoms with van der Waals surface area (Å²) in [6.07, 6.45) is 0.697. The van der Waals surface area contributed by atoms with Crippen LogP contribution in [0.25, 0.3) is 10.2 Å². The molecule has 0 aliphatic carbocycles. The van der Waals surface area contributed by atoms with Crippen LogP contribution in [0.5, 0.6) is 0 Å². The van der Waals surface area contributed by atoms with E-state index in [1.54, 1.807) is 6.92 Å². The van der Waals surface area contributed by atoms with Crippen LogP contribution in [0.15, 0.2) is 0 Å². The number of aryl methyl sites for hydroxylation is 4. The summed E-state index contributed by atoms with van der Waals surface area (Å²) in [7, 11) is 0. The third-order valence-corrected chi connectivity index (χ3v) is 6.81. The highest BCUT2D eigenvalue weighted by atomic mass is 32.1. The fraction of sp³-hybridized carbons (Fsp3) is 0.400. The molecule has 0 aliphatic heterocycles. The van der Waals surface area contributed by atoms with Gasteiger partial charge in [0.25, 0.3) is 5.91 Å². The summed E-state index contributed by atoms with van der Waals surface area (Å²) in [6, 6.07) is 0. The van der Waals surface area contributed by atoms with Gasteiger partial charge in [0.1, 0.15) is 15.7 Å². The van der Waals surface area contributed by atoms with Gasteiger partial charge >= 0.3 is 5.97 Å². The van der Waals surface area contributed by atoms with E-state index in [2.05, 4.69) is 15.3 Å². The first-order valence-corrected chi connectivity index (χ1v) is 10.8. The number of hydrogen-bond acceptors (Lipinski definition) is 7. The first-order valence-electron chi connectivity index (χ1n) is 9.13. The zero-order valence-corrected chi connectivity index (χ0v) is 18.5. The number of anilines is 1. The molecule has 3 rings (SSSR count). The summed E-state index contributed by atoms with van der Waals surface area (Å²) in [5, 5.41) is 4.39. The predicted octanol–water partition coefficient (Wildman–Crippen LogP) is 4.98. The Morgan fingerprint density at radius 3 is 2.43 bits per heavy atom. The van der Waals surface area contributed by atoms with Crippen molar-refractivity contribution in [1.29, 1.82) is 0 Å². The molecule has 1 amide bonds. The standard InChI is InChI=1S/C20H23N3O3S2/c1-7-13-11(5)27-19(15(13)20(25)26-8-2)23-17(24)16-9(3)14-10(4)21-12(6)22-18(14)28-16/h7-8H2,1-6H3,(H,23,24). The van der Waals surface area contributed by atoms with E-state index in [1.165, 1.54) is 22.7 Å². The summed E-state index contributed by atoms with van der Waals surface area (Å²) >= 11 is 2.75. The zero-order chi connectivity index (χ0) is 20.6. The highest BCUT2D eigenvalue weighted by Crippen LogP contribution is 2.36. The maximum absolute atomic E-state index is 13.0. The average molecular weight is 418 g/mol. The quantitative estimate of drug-likeness (QED) is 0.592. The molecule has 3 aromatic heterocycles. The van der Waals surface area contributed by atoms with Crippen LogP contribution in [0.3, 0.4) is 0 Å². The molecule has 0 saturated heterocycles. The number of rotatable bonds is 5. The first kappa shape index (κ1) is 20.4. The van der Waals surface area contributed by atoms with Gasteiger partial charge in [-0.3, -0.25) is 4.79 Å². The van der Waals surface area contributed by atoms with E-state index >= 15 is 0 Å². The van der Waals surface area contributed by atoms with Crippen molar-refractivity contribution in [1.82, 2.24) is 9.97 Å². The number of fused-ring (bicyclic) bond motifs is 1. The van der Waals surface area contributed by atoms with Crippen molar-refractivity contribution in [2.24, 2.45) is 0 Å². The normalized spacial score (nSPS) is 11.1. The number of hydrogen-bond donors (Lipinski definition) is 1. The van der Waals surface area contributed by atoms with Gasteiger partial charge < -0.3 is 10.1 Å². The number of nitrogens with zero attached hydrogens (tertiary/aromatic N) is 2. The van der Waals surface area contributed by atoms with E-state index in [4.69, 9.17) is 4.74 Å². The lowest BCUT2D eigenvalue weighted by molar-refractivity contribution is 0.0527. The molecule has 6 nitrogen and oxygen atoms in total. The second-order valence-corrected chi connectivity index (χ2v) is 8.69. The van der Waals surface area contributed by atoms with E-state index in [-0.39, 0.29) is 12.5 Å². The van der Waals surface area contributed by atoms with Crippen LogP contribution < -0.4 is 5.32 Å². The van der Waals surface area contributed by atoms with E-state index < -0.39 is 5.97 Å². The monoisotopic (exact) mass is 417 g/mol. The Bertz CT molecular complexity index is 1080. The summed E-state index contributed by atoms with van der Waals surface area (Å²) in [4.78, 5) is 36.8. The maximum atomic E-state index is 13.0. The Morgan fingerprint density at radius 1 is 1.07 bits per heavy atom. The van der Waals surface area contributed by atoms with Crippen LogP contribution in [0.2, 0.25) is 0 Å². The summed E-state index contributed by atoms with van der Waals surface area (Å²) in [5.41, 5.74) is 3.11. The number of carbonyl (C=O) groups is 2. The molecule has 0 radical (unpaired) electrons. The Hall–Kier alpha value is -2.32. The molecule has 8 heteroatoms. The van der Waals surface area contributed by atoms with E-state index in [0.717, 1.165) is 31.9 Å². The average Bonchev–Trinajstić information content (AvgIpc) is 3.11. The molecular weight excluding hydrogens is 394 g/mol. The zero-order valence-electron chi connectivity index (χ0n) is 16.8. The number of esters is 1. The molecule has 0 saturated carbocycles. The molecule has 148 valence electrons. The van der Waals surface area contributed by atoms with Crippen LogP contribution in [0.4, 0.5) is 5.00 Å². The predicted molar refractivity (Wildman–Crippen MR) is 114 cm³/mol. The van der Waals surface area contributed by atoms with Gasteiger partial charge in [-0.2, -0.15) is 0 Å². The molecule has 0 aliphatic rings. The molecule has 0 atom stereocenters. The van der Waals surface area contributed by atoms with Crippen LogP contribution in [-0.2, 0) is 11.2 Å². The van der Waals surface area contributed by atoms with E-state index in [1.807, 2.05) is 34.6 Å². The lowest BCUT2D eigenvalue weighted by atomic mass is 10.1. The van der Waals surface area contributed by atoms with E-state index in [9.17, 15) is 9.59 Å². The summed E-state index contributed by atoms with van der Waals surface area (Å²) < 4.78 is 5.21. The van der Waals surface area contributed by atoms with Gasteiger partial charge in [0.15, 0.2) is 0 Å². The Balaban J connectivity index is 2.02. The van der Waals surface area contributed by atoms with Crippen molar-refractivity contribution in [2.75, 3.05) is 11.9 Å². The number of carbonyl (C=O) groups excluding carboxylic acids is 2. The van der Waals surface area contributed by atoms with Gasteiger partial charge in [0, 0.05) is 16.0 Å². The van der Waals surface area contributed by atoms with Gasteiger partial charge in [-0.1, -0.05) is 6.92 Å². The Kier molecular flexibility index (Phi) is 5.81. The maximum Gasteiger partial charge on any atom is 0.341 e. The van der Waals surface area contributed by atoms with Crippen molar-refractivity contribution in [2.45, 2.75) is 48.0 Å². The number of aromatic nitrogens is 2. The number of nitrogens with one attached hydrogen (secondary N) is 1.